The van der Waals surface area contributed by atoms with E-state index in [9.17, 15) is 4.79 Å². The van der Waals surface area contributed by atoms with Crippen molar-refractivity contribution < 1.29 is 9.53 Å². The second-order valence-electron chi connectivity index (χ2n) is 7.20. The quantitative estimate of drug-likeness (QED) is 0.349. The highest BCUT2D eigenvalue weighted by atomic mass is 32.2. The van der Waals surface area contributed by atoms with Crippen molar-refractivity contribution in [2.45, 2.75) is 45.0 Å². The van der Waals surface area contributed by atoms with E-state index in [0.29, 0.717) is 17.5 Å². The normalized spacial score (nSPS) is 11.7. The van der Waals surface area contributed by atoms with Gasteiger partial charge in [-0.25, -0.2) is 0 Å². The number of benzene rings is 2. The van der Waals surface area contributed by atoms with Crippen LogP contribution in [0.5, 0.6) is 5.75 Å². The van der Waals surface area contributed by atoms with Crippen molar-refractivity contribution in [2.75, 3.05) is 11.1 Å². The number of hydrogen-bond acceptors (Lipinski definition) is 5. The molecule has 0 radical (unpaired) electrons. The van der Waals surface area contributed by atoms with Crippen LogP contribution in [0.4, 0.5) is 5.69 Å². The summed E-state index contributed by atoms with van der Waals surface area (Å²) in [4.78, 5) is 12.4. The highest BCUT2D eigenvalue weighted by Crippen LogP contribution is 2.25. The maximum absolute atomic E-state index is 12.4. The lowest BCUT2D eigenvalue weighted by atomic mass is 10.1. The third-order valence-corrected chi connectivity index (χ3v) is 5.67. The average molecular weight is 437 g/mol. The molecule has 0 aliphatic heterocycles. The molecule has 0 saturated heterocycles. The predicted molar refractivity (Wildman–Crippen MR) is 126 cm³/mol. The van der Waals surface area contributed by atoms with Crippen LogP contribution in [0.3, 0.4) is 0 Å². The van der Waals surface area contributed by atoms with Crippen LogP contribution in [0.1, 0.15) is 36.9 Å². The average Bonchev–Trinajstić information content (AvgIpc) is 3.16. The Morgan fingerprint density at radius 3 is 2.71 bits per heavy atom. The van der Waals surface area contributed by atoms with Crippen molar-refractivity contribution in [3.05, 3.63) is 78.1 Å². The molecule has 1 amide bonds. The molecule has 1 unspecified atom stereocenters. The Labute approximate surface area is 187 Å². The minimum absolute atomic E-state index is 0.0898. The fraction of sp³-hybridized carbons (Fsp3) is 0.292. The topological polar surface area (TPSA) is 69.0 Å². The molecular formula is C24H28N4O2S. The standard InChI is InChI=1S/C24H28N4O2S/c1-5-14-28-23(18(4)30-21-9-7-8-17(3)15-21)26-27-24(28)31-16-22(29)25-20-12-10-19(6-2)11-13-20/h5,7-13,15,18H,1,6,14,16H2,2-4H3,(H,25,29). The number of aryl methyl sites for hydroxylation is 2. The zero-order valence-electron chi connectivity index (χ0n) is 18.2. The van der Waals surface area contributed by atoms with Crippen LogP contribution in [0, 0.1) is 6.92 Å². The number of carbonyl (C=O) groups is 1. The van der Waals surface area contributed by atoms with E-state index in [1.54, 1.807) is 6.08 Å². The van der Waals surface area contributed by atoms with Crippen LogP contribution >= 0.6 is 11.8 Å². The van der Waals surface area contributed by atoms with E-state index in [1.807, 2.05) is 66.9 Å². The van der Waals surface area contributed by atoms with Crippen LogP contribution in [0.15, 0.2) is 66.3 Å². The summed E-state index contributed by atoms with van der Waals surface area (Å²) in [6.07, 6.45) is 2.46. The molecular weight excluding hydrogens is 408 g/mol. The number of allylic oxidation sites excluding steroid dienone is 1. The van der Waals surface area contributed by atoms with Gasteiger partial charge < -0.3 is 10.1 Å². The van der Waals surface area contributed by atoms with E-state index in [2.05, 4.69) is 29.0 Å². The fourth-order valence-corrected chi connectivity index (χ4v) is 3.86. The first-order chi connectivity index (χ1) is 15.0. The number of anilines is 1. The molecule has 0 bridgehead atoms. The lowest BCUT2D eigenvalue weighted by molar-refractivity contribution is -0.113. The number of ether oxygens (including phenoxy) is 1. The van der Waals surface area contributed by atoms with Crippen molar-refractivity contribution in [2.24, 2.45) is 0 Å². The summed E-state index contributed by atoms with van der Waals surface area (Å²) in [7, 11) is 0. The van der Waals surface area contributed by atoms with Gasteiger partial charge in [0.1, 0.15) is 5.75 Å². The van der Waals surface area contributed by atoms with Gasteiger partial charge in [-0.2, -0.15) is 0 Å². The number of rotatable bonds is 10. The van der Waals surface area contributed by atoms with Gasteiger partial charge in [0, 0.05) is 12.2 Å². The van der Waals surface area contributed by atoms with Gasteiger partial charge in [0.25, 0.3) is 0 Å². The minimum atomic E-state index is -0.297. The molecule has 2 aromatic carbocycles. The largest absolute Gasteiger partial charge is 0.483 e. The molecule has 1 N–H and O–H groups in total. The van der Waals surface area contributed by atoms with Gasteiger partial charge in [-0.3, -0.25) is 9.36 Å². The fourth-order valence-electron chi connectivity index (χ4n) is 3.10. The van der Waals surface area contributed by atoms with Crippen molar-refractivity contribution in [1.29, 1.82) is 0 Å². The van der Waals surface area contributed by atoms with Crippen molar-refractivity contribution in [1.82, 2.24) is 14.8 Å². The summed E-state index contributed by atoms with van der Waals surface area (Å²) < 4.78 is 7.99. The predicted octanol–water partition coefficient (Wildman–Crippen LogP) is 5.21. The summed E-state index contributed by atoms with van der Waals surface area (Å²) >= 11 is 1.34. The monoisotopic (exact) mass is 436 g/mol. The molecule has 162 valence electrons. The van der Waals surface area contributed by atoms with Gasteiger partial charge in [0.2, 0.25) is 5.91 Å². The Morgan fingerprint density at radius 1 is 1.26 bits per heavy atom. The van der Waals surface area contributed by atoms with Gasteiger partial charge in [0.15, 0.2) is 17.1 Å². The van der Waals surface area contributed by atoms with Crippen LogP contribution in [-0.2, 0) is 17.8 Å². The molecule has 1 heterocycles. The van der Waals surface area contributed by atoms with E-state index in [0.717, 1.165) is 23.4 Å². The third-order valence-electron chi connectivity index (χ3n) is 4.70. The van der Waals surface area contributed by atoms with Crippen LogP contribution in [0.2, 0.25) is 0 Å². The molecule has 3 aromatic rings. The van der Waals surface area contributed by atoms with Crippen molar-refractivity contribution in [3.8, 4) is 5.75 Å². The maximum atomic E-state index is 12.4. The van der Waals surface area contributed by atoms with Gasteiger partial charge in [-0.1, -0.05) is 49.0 Å². The summed E-state index contributed by atoms with van der Waals surface area (Å²) in [6.45, 7) is 10.4. The number of carbonyl (C=O) groups excluding carboxylic acids is 1. The molecule has 1 aromatic heterocycles. The lowest BCUT2D eigenvalue weighted by Crippen LogP contribution is -2.15. The molecule has 0 aliphatic rings. The van der Waals surface area contributed by atoms with E-state index >= 15 is 0 Å². The maximum Gasteiger partial charge on any atom is 0.234 e. The first-order valence-corrected chi connectivity index (χ1v) is 11.3. The second-order valence-corrected chi connectivity index (χ2v) is 8.15. The van der Waals surface area contributed by atoms with E-state index in [4.69, 9.17) is 4.74 Å². The molecule has 0 spiro atoms. The van der Waals surface area contributed by atoms with E-state index in [1.165, 1.54) is 17.3 Å². The van der Waals surface area contributed by atoms with Crippen LogP contribution < -0.4 is 10.1 Å². The summed E-state index contributed by atoms with van der Waals surface area (Å²) in [6, 6.07) is 15.8. The Bertz CT molecular complexity index is 1030. The highest BCUT2D eigenvalue weighted by molar-refractivity contribution is 7.99. The first kappa shape index (κ1) is 22.6. The third kappa shape index (κ3) is 6.21. The van der Waals surface area contributed by atoms with Gasteiger partial charge in [0.05, 0.1) is 5.75 Å². The van der Waals surface area contributed by atoms with E-state index < -0.39 is 0 Å². The Balaban J connectivity index is 1.64. The summed E-state index contributed by atoms with van der Waals surface area (Å²) in [5.74, 6) is 1.62. The van der Waals surface area contributed by atoms with Gasteiger partial charge in [-0.05, 0) is 55.7 Å². The SMILES string of the molecule is C=CCn1c(SCC(=O)Nc2ccc(CC)cc2)nnc1C(C)Oc1cccc(C)c1. The summed E-state index contributed by atoms with van der Waals surface area (Å²) in [5.41, 5.74) is 3.15. The minimum Gasteiger partial charge on any atom is -0.483 e. The Hall–Kier alpha value is -3.06. The zero-order chi connectivity index (χ0) is 22.2. The second kappa shape index (κ2) is 10.8. The van der Waals surface area contributed by atoms with Crippen LogP contribution in [-0.4, -0.2) is 26.4 Å². The van der Waals surface area contributed by atoms with Gasteiger partial charge in [-0.15, -0.1) is 16.8 Å². The molecule has 0 aliphatic carbocycles. The smallest absolute Gasteiger partial charge is 0.234 e. The molecule has 1 atom stereocenters. The molecule has 31 heavy (non-hydrogen) atoms. The highest BCUT2D eigenvalue weighted by Gasteiger charge is 2.20. The van der Waals surface area contributed by atoms with Crippen molar-refractivity contribution in [3.63, 3.8) is 0 Å². The number of nitrogens with one attached hydrogen (secondary N) is 1. The number of amides is 1. The molecule has 0 saturated carbocycles. The Morgan fingerprint density at radius 2 is 2.03 bits per heavy atom. The molecule has 6 nitrogen and oxygen atoms in total. The van der Waals surface area contributed by atoms with E-state index in [-0.39, 0.29) is 17.8 Å². The first-order valence-electron chi connectivity index (χ1n) is 10.3. The Kier molecular flexibility index (Phi) is 7.89. The van der Waals surface area contributed by atoms with Gasteiger partial charge >= 0.3 is 0 Å². The lowest BCUT2D eigenvalue weighted by Gasteiger charge is -2.16. The van der Waals surface area contributed by atoms with Crippen LogP contribution in [0.25, 0.3) is 0 Å². The van der Waals surface area contributed by atoms with Crippen molar-refractivity contribution >= 4 is 23.4 Å². The number of thioether (sulfide) groups is 1. The summed E-state index contributed by atoms with van der Waals surface area (Å²) in [5, 5.41) is 12.2. The zero-order valence-corrected chi connectivity index (χ0v) is 19.0. The number of nitrogens with zero attached hydrogens (tertiary/aromatic N) is 3. The number of aromatic nitrogens is 3. The molecule has 0 fully saturated rings. The molecule has 7 heteroatoms. The number of hydrogen-bond donors (Lipinski definition) is 1. The molecule has 3 rings (SSSR count).